The molecule has 0 aliphatic carbocycles. The van der Waals surface area contributed by atoms with Crippen molar-refractivity contribution in [2.45, 2.75) is 0 Å². The van der Waals surface area contributed by atoms with Gasteiger partial charge in [0.2, 0.25) is 29.0 Å². The van der Waals surface area contributed by atoms with Gasteiger partial charge >= 0.3 is 11.8 Å². The molecule has 17 heavy (non-hydrogen) atoms. The summed E-state index contributed by atoms with van der Waals surface area (Å²) in [6, 6.07) is 0. The summed E-state index contributed by atoms with van der Waals surface area (Å²) < 4.78 is 55.6. The number of nitrogens with zero attached hydrogens (tertiary/aromatic N) is 1. The van der Waals surface area contributed by atoms with E-state index in [0.717, 1.165) is 0 Å². The van der Waals surface area contributed by atoms with Gasteiger partial charge in [-0.1, -0.05) is 0 Å². The minimum Gasteiger partial charge on any atom is -0.404 e. The molecule has 1 aromatic carbocycles. The van der Waals surface area contributed by atoms with Gasteiger partial charge in [0.05, 0.1) is 4.92 Å². The molecule has 2 N–H and O–H groups in total. The van der Waals surface area contributed by atoms with Gasteiger partial charge in [0, 0.05) is 0 Å². The van der Waals surface area contributed by atoms with Crippen LogP contribution in [0.1, 0.15) is 0 Å². The average molecular weight is 254 g/mol. The molecule has 0 atom stereocenters. The third-order valence-electron chi connectivity index (χ3n) is 1.59. The molecule has 0 fully saturated rings. The zero-order valence-electron chi connectivity index (χ0n) is 7.67. The monoisotopic (exact) mass is 254 g/mol. The summed E-state index contributed by atoms with van der Waals surface area (Å²) in [6.45, 7) is 0. The van der Waals surface area contributed by atoms with Crippen molar-refractivity contribution in [1.82, 2.24) is 0 Å². The van der Waals surface area contributed by atoms with Gasteiger partial charge in [-0.25, -0.2) is 4.79 Å². The Balaban J connectivity index is 3.58. The number of nitro groups is 1. The fraction of sp³-hybridized carbons (Fsp3) is 0. The first-order valence-electron chi connectivity index (χ1n) is 3.75. The highest BCUT2D eigenvalue weighted by Gasteiger charge is 2.34. The number of carbonyl (C=O) groups excluding carboxylic acids is 1. The number of hydrogen-bond acceptors (Lipinski definition) is 4. The molecule has 6 nitrogen and oxygen atoms in total. The molecule has 0 aliphatic rings. The van der Waals surface area contributed by atoms with Crippen LogP contribution < -0.4 is 10.5 Å². The Morgan fingerprint density at radius 3 is 1.82 bits per heavy atom. The fourth-order valence-corrected chi connectivity index (χ4v) is 0.950. The molecule has 0 spiro atoms. The molecule has 10 heteroatoms. The predicted octanol–water partition coefficient (Wildman–Crippen LogP) is 1.61. The van der Waals surface area contributed by atoms with Crippen molar-refractivity contribution in [3.05, 3.63) is 33.4 Å². The Morgan fingerprint density at radius 1 is 1.12 bits per heavy atom. The number of benzene rings is 1. The lowest BCUT2D eigenvalue weighted by Gasteiger charge is -2.06. The van der Waals surface area contributed by atoms with E-state index in [-0.39, 0.29) is 0 Å². The van der Waals surface area contributed by atoms with E-state index in [4.69, 9.17) is 0 Å². The van der Waals surface area contributed by atoms with E-state index in [1.54, 1.807) is 0 Å². The molecule has 0 heterocycles. The predicted molar refractivity (Wildman–Crippen MR) is 43.1 cm³/mol. The van der Waals surface area contributed by atoms with Crippen molar-refractivity contribution in [3.8, 4) is 5.75 Å². The number of carbonyl (C=O) groups is 1. The first kappa shape index (κ1) is 12.7. The lowest BCUT2D eigenvalue weighted by atomic mass is 10.2. The minimum atomic E-state index is -2.30. The highest BCUT2D eigenvalue weighted by Crippen LogP contribution is 2.34. The largest absolute Gasteiger partial charge is 0.410 e. The Bertz CT molecular complexity index is 490. The fourth-order valence-electron chi connectivity index (χ4n) is 0.950. The molecule has 0 saturated carbocycles. The summed E-state index contributed by atoms with van der Waals surface area (Å²) >= 11 is 0. The topological polar surface area (TPSA) is 95.5 Å². The van der Waals surface area contributed by atoms with Crippen LogP contribution in [-0.4, -0.2) is 11.0 Å². The highest BCUT2D eigenvalue weighted by molar-refractivity contribution is 5.68. The molecule has 92 valence electrons. The minimum absolute atomic E-state index is 1.66. The van der Waals surface area contributed by atoms with Crippen LogP contribution >= 0.6 is 0 Å². The third kappa shape index (κ3) is 2.09. The highest BCUT2D eigenvalue weighted by atomic mass is 19.2. The molecular weight excluding hydrogens is 252 g/mol. The van der Waals surface area contributed by atoms with Gasteiger partial charge in [-0.05, 0) is 0 Å². The van der Waals surface area contributed by atoms with E-state index in [1.165, 1.54) is 0 Å². The Kier molecular flexibility index (Phi) is 3.16. The van der Waals surface area contributed by atoms with Crippen LogP contribution in [0.4, 0.5) is 28.0 Å². The standard InChI is InChI=1S/C7H2F4N2O4/c8-1-3(10)6(17-7(12)14)4(11)2(9)5(1)13(15)16/h(H2,12,14). The van der Waals surface area contributed by atoms with Crippen molar-refractivity contribution >= 4 is 11.8 Å². The van der Waals surface area contributed by atoms with Crippen molar-refractivity contribution in [3.63, 3.8) is 0 Å². The van der Waals surface area contributed by atoms with E-state index in [9.17, 15) is 32.5 Å². The molecule has 0 unspecified atom stereocenters. The smallest absolute Gasteiger partial charge is 0.404 e. The van der Waals surface area contributed by atoms with Crippen LogP contribution in [0.25, 0.3) is 0 Å². The molecule has 1 amide bonds. The number of nitrogens with two attached hydrogens (primary N) is 1. The van der Waals surface area contributed by atoms with E-state index < -0.39 is 45.7 Å². The normalized spacial score (nSPS) is 10.1. The van der Waals surface area contributed by atoms with Crippen LogP contribution in [0.15, 0.2) is 0 Å². The van der Waals surface area contributed by atoms with Crippen molar-refractivity contribution in [1.29, 1.82) is 0 Å². The van der Waals surface area contributed by atoms with Crippen molar-refractivity contribution in [2.24, 2.45) is 5.73 Å². The van der Waals surface area contributed by atoms with Crippen molar-refractivity contribution in [2.75, 3.05) is 0 Å². The van der Waals surface area contributed by atoms with Gasteiger partial charge in [-0.15, -0.1) is 0 Å². The summed E-state index contributed by atoms with van der Waals surface area (Å²) in [5, 5.41) is 10.1. The maximum atomic E-state index is 13.0. The lowest BCUT2D eigenvalue weighted by Crippen LogP contribution is -2.19. The molecular formula is C7H2F4N2O4. The summed E-state index contributed by atoms with van der Waals surface area (Å²) in [6.07, 6.45) is -1.74. The zero-order valence-corrected chi connectivity index (χ0v) is 7.67. The average Bonchev–Trinajstić information content (AvgIpc) is 2.21. The Labute approximate surface area is 89.7 Å². The maximum Gasteiger partial charge on any atom is 0.410 e. The summed E-state index contributed by atoms with van der Waals surface area (Å²) in [4.78, 5) is 18.7. The zero-order chi connectivity index (χ0) is 13.3. The second-order valence-electron chi connectivity index (χ2n) is 2.61. The first-order valence-corrected chi connectivity index (χ1v) is 3.75. The Morgan fingerprint density at radius 2 is 1.53 bits per heavy atom. The van der Waals surface area contributed by atoms with Gasteiger partial charge in [-0.2, -0.15) is 17.6 Å². The Hall–Kier alpha value is -2.39. The maximum absolute atomic E-state index is 13.0. The van der Waals surface area contributed by atoms with Gasteiger partial charge in [0.1, 0.15) is 0 Å². The van der Waals surface area contributed by atoms with E-state index in [1.807, 2.05) is 0 Å². The molecule has 0 saturated heterocycles. The number of amides is 1. The molecule has 1 aromatic rings. The molecule has 0 aromatic heterocycles. The van der Waals surface area contributed by atoms with Crippen LogP contribution in [0.2, 0.25) is 0 Å². The van der Waals surface area contributed by atoms with Crippen molar-refractivity contribution < 1.29 is 32.0 Å². The van der Waals surface area contributed by atoms with Crippen LogP contribution in [0, 0.1) is 33.4 Å². The van der Waals surface area contributed by atoms with Gasteiger partial charge in [-0.3, -0.25) is 10.1 Å². The summed E-state index contributed by atoms with van der Waals surface area (Å²) in [5.74, 6) is -10.8. The summed E-state index contributed by atoms with van der Waals surface area (Å²) in [5.41, 5.74) is 2.36. The first-order chi connectivity index (χ1) is 7.77. The SMILES string of the molecule is NC(=O)Oc1c(F)c(F)c([N+](=O)[O-])c(F)c1F. The number of nitro benzene ring substituents is 1. The number of halogens is 4. The number of primary amides is 1. The second kappa shape index (κ2) is 4.23. The van der Waals surface area contributed by atoms with Crippen LogP contribution in [0.3, 0.4) is 0 Å². The molecule has 1 rings (SSSR count). The molecule has 0 bridgehead atoms. The van der Waals surface area contributed by atoms with E-state index >= 15 is 0 Å². The van der Waals surface area contributed by atoms with Crippen LogP contribution in [0.5, 0.6) is 5.75 Å². The third-order valence-corrected chi connectivity index (χ3v) is 1.59. The van der Waals surface area contributed by atoms with E-state index in [2.05, 4.69) is 10.5 Å². The van der Waals surface area contributed by atoms with E-state index in [0.29, 0.717) is 0 Å². The van der Waals surface area contributed by atoms with Gasteiger partial charge in [0.15, 0.2) is 0 Å². The lowest BCUT2D eigenvalue weighted by molar-refractivity contribution is -0.390. The number of rotatable bonds is 2. The quantitative estimate of drug-likeness (QED) is 0.375. The molecule has 0 aliphatic heterocycles. The second-order valence-corrected chi connectivity index (χ2v) is 2.61. The van der Waals surface area contributed by atoms with Gasteiger partial charge in [0.25, 0.3) is 0 Å². The van der Waals surface area contributed by atoms with Crippen LogP contribution in [-0.2, 0) is 0 Å². The number of ether oxygens (including phenoxy) is 1. The number of hydrogen-bond donors (Lipinski definition) is 1. The summed E-state index contributed by atoms with van der Waals surface area (Å²) in [7, 11) is 0. The van der Waals surface area contributed by atoms with Gasteiger partial charge < -0.3 is 10.5 Å². The molecule has 0 radical (unpaired) electrons.